The highest BCUT2D eigenvalue weighted by molar-refractivity contribution is 6.03. The molecule has 3 aromatic carbocycles. The number of aryl methyl sites for hydroxylation is 2. The first-order chi connectivity index (χ1) is 15.6. The van der Waals surface area contributed by atoms with E-state index < -0.39 is 11.7 Å². The molecule has 1 heterocycles. The first-order valence-corrected chi connectivity index (χ1v) is 11.0. The van der Waals surface area contributed by atoms with E-state index in [1.54, 1.807) is 13.8 Å². The zero-order valence-corrected chi connectivity index (χ0v) is 19.1. The maximum atomic E-state index is 13.3. The summed E-state index contributed by atoms with van der Waals surface area (Å²) in [6, 6.07) is 19.6. The largest absolute Gasteiger partial charge is 0.490 e. The molecule has 0 saturated carbocycles. The SMILES string of the molecule is Cc1ccc(C2N=C(c3ccc(C(F)(F)F)cc3OC(C)C)NC2c2ccc(C)cc2)cc1. The average molecular weight is 453 g/mol. The molecule has 0 aromatic heterocycles. The number of alkyl halides is 3. The first-order valence-electron chi connectivity index (χ1n) is 11.0. The molecule has 3 nitrogen and oxygen atoms in total. The van der Waals surface area contributed by atoms with Crippen molar-refractivity contribution in [3.8, 4) is 5.75 Å². The molecular formula is C27H27F3N2O. The van der Waals surface area contributed by atoms with Gasteiger partial charge >= 0.3 is 6.18 Å². The molecule has 0 aliphatic carbocycles. The van der Waals surface area contributed by atoms with E-state index in [4.69, 9.17) is 9.73 Å². The van der Waals surface area contributed by atoms with Gasteiger partial charge in [-0.15, -0.1) is 0 Å². The monoisotopic (exact) mass is 452 g/mol. The maximum Gasteiger partial charge on any atom is 0.416 e. The second-order valence-corrected chi connectivity index (χ2v) is 8.74. The Morgan fingerprint density at radius 1 is 0.848 bits per heavy atom. The normalized spacial score (nSPS) is 18.2. The predicted molar refractivity (Wildman–Crippen MR) is 125 cm³/mol. The van der Waals surface area contributed by atoms with Gasteiger partial charge in [0, 0.05) is 0 Å². The zero-order valence-electron chi connectivity index (χ0n) is 19.1. The van der Waals surface area contributed by atoms with E-state index in [2.05, 4.69) is 17.4 Å². The smallest absolute Gasteiger partial charge is 0.416 e. The van der Waals surface area contributed by atoms with Crippen molar-refractivity contribution in [2.24, 2.45) is 4.99 Å². The van der Waals surface area contributed by atoms with Gasteiger partial charge in [0.25, 0.3) is 0 Å². The fourth-order valence-electron chi connectivity index (χ4n) is 3.94. The molecule has 1 aliphatic rings. The van der Waals surface area contributed by atoms with E-state index in [1.165, 1.54) is 6.07 Å². The van der Waals surface area contributed by atoms with Gasteiger partial charge in [-0.25, -0.2) is 0 Å². The van der Waals surface area contributed by atoms with Crippen molar-refractivity contribution in [1.29, 1.82) is 0 Å². The highest BCUT2D eigenvalue weighted by Crippen LogP contribution is 2.40. The third-order valence-electron chi connectivity index (χ3n) is 5.66. The molecule has 1 N–H and O–H groups in total. The Hall–Kier alpha value is -3.28. The van der Waals surface area contributed by atoms with E-state index in [-0.39, 0.29) is 23.9 Å². The van der Waals surface area contributed by atoms with Crippen LogP contribution in [0, 0.1) is 13.8 Å². The number of nitrogens with zero attached hydrogens (tertiary/aromatic N) is 1. The summed E-state index contributed by atoms with van der Waals surface area (Å²) in [5, 5.41) is 3.47. The van der Waals surface area contributed by atoms with Gasteiger partial charge in [-0.1, -0.05) is 59.7 Å². The van der Waals surface area contributed by atoms with Crippen LogP contribution in [0.3, 0.4) is 0 Å². The Morgan fingerprint density at radius 3 is 1.97 bits per heavy atom. The third-order valence-corrected chi connectivity index (χ3v) is 5.66. The molecule has 33 heavy (non-hydrogen) atoms. The molecule has 6 heteroatoms. The molecular weight excluding hydrogens is 425 g/mol. The van der Waals surface area contributed by atoms with Crippen LogP contribution in [0.2, 0.25) is 0 Å². The number of rotatable bonds is 5. The number of amidine groups is 1. The fraction of sp³-hybridized carbons (Fsp3) is 0.296. The molecule has 4 rings (SSSR count). The van der Waals surface area contributed by atoms with E-state index in [1.807, 2.05) is 50.2 Å². The summed E-state index contributed by atoms with van der Waals surface area (Å²) in [4.78, 5) is 4.94. The lowest BCUT2D eigenvalue weighted by Crippen LogP contribution is -2.26. The summed E-state index contributed by atoms with van der Waals surface area (Å²) < 4.78 is 45.8. The second kappa shape index (κ2) is 8.93. The maximum absolute atomic E-state index is 13.3. The van der Waals surface area contributed by atoms with Crippen molar-refractivity contribution in [3.05, 3.63) is 100 Å². The van der Waals surface area contributed by atoms with E-state index >= 15 is 0 Å². The summed E-state index contributed by atoms with van der Waals surface area (Å²) in [6.07, 6.45) is -4.73. The summed E-state index contributed by atoms with van der Waals surface area (Å²) in [6.45, 7) is 7.64. The van der Waals surface area contributed by atoms with Gasteiger partial charge < -0.3 is 10.1 Å². The molecule has 0 amide bonds. The molecule has 0 fully saturated rings. The lowest BCUT2D eigenvalue weighted by molar-refractivity contribution is -0.137. The molecule has 0 bridgehead atoms. The number of nitrogens with one attached hydrogen (secondary N) is 1. The van der Waals surface area contributed by atoms with Gasteiger partial charge in [-0.3, -0.25) is 4.99 Å². The number of hydrogen-bond donors (Lipinski definition) is 1. The highest BCUT2D eigenvalue weighted by atomic mass is 19.4. The van der Waals surface area contributed by atoms with Crippen molar-refractivity contribution in [1.82, 2.24) is 5.32 Å². The Balaban J connectivity index is 1.79. The number of ether oxygens (including phenoxy) is 1. The Kier molecular flexibility index (Phi) is 6.19. The molecule has 2 unspecified atom stereocenters. The molecule has 0 radical (unpaired) electrons. The third kappa shape index (κ3) is 5.05. The second-order valence-electron chi connectivity index (χ2n) is 8.74. The molecule has 172 valence electrons. The Morgan fingerprint density at radius 2 is 1.42 bits per heavy atom. The highest BCUT2D eigenvalue weighted by Gasteiger charge is 2.35. The summed E-state index contributed by atoms with van der Waals surface area (Å²) in [5.41, 5.74) is 4.17. The zero-order chi connectivity index (χ0) is 23.8. The van der Waals surface area contributed by atoms with E-state index in [0.29, 0.717) is 11.4 Å². The summed E-state index contributed by atoms with van der Waals surface area (Å²) >= 11 is 0. The molecule has 0 spiro atoms. The van der Waals surface area contributed by atoms with Crippen LogP contribution in [0.4, 0.5) is 13.2 Å². The van der Waals surface area contributed by atoms with Crippen molar-refractivity contribution < 1.29 is 17.9 Å². The predicted octanol–water partition coefficient (Wildman–Crippen LogP) is 6.94. The van der Waals surface area contributed by atoms with Crippen molar-refractivity contribution in [2.75, 3.05) is 0 Å². The number of benzene rings is 3. The van der Waals surface area contributed by atoms with Gasteiger partial charge in [0.05, 0.1) is 23.3 Å². The minimum absolute atomic E-state index is 0.155. The minimum atomic E-state index is -4.45. The van der Waals surface area contributed by atoms with Gasteiger partial charge in [0.1, 0.15) is 17.6 Å². The van der Waals surface area contributed by atoms with Crippen LogP contribution < -0.4 is 10.1 Å². The summed E-state index contributed by atoms with van der Waals surface area (Å²) in [5.74, 6) is 0.689. The lowest BCUT2D eigenvalue weighted by Gasteiger charge is -2.21. The Labute approximate surface area is 192 Å². The number of aliphatic imine (C=N–C) groups is 1. The van der Waals surface area contributed by atoms with Crippen LogP contribution in [0.5, 0.6) is 5.75 Å². The van der Waals surface area contributed by atoms with Gasteiger partial charge in [0.2, 0.25) is 0 Å². The van der Waals surface area contributed by atoms with Gasteiger partial charge in [-0.2, -0.15) is 13.2 Å². The summed E-state index contributed by atoms with van der Waals surface area (Å²) in [7, 11) is 0. The van der Waals surface area contributed by atoms with Crippen LogP contribution in [-0.4, -0.2) is 11.9 Å². The quantitative estimate of drug-likeness (QED) is 0.455. The Bertz CT molecular complexity index is 1150. The van der Waals surface area contributed by atoms with Crippen LogP contribution in [-0.2, 0) is 6.18 Å². The minimum Gasteiger partial charge on any atom is -0.490 e. The van der Waals surface area contributed by atoms with Crippen molar-refractivity contribution >= 4 is 5.84 Å². The van der Waals surface area contributed by atoms with Gasteiger partial charge in [0.15, 0.2) is 0 Å². The first kappa shape index (κ1) is 22.9. The number of hydrogen-bond acceptors (Lipinski definition) is 3. The van der Waals surface area contributed by atoms with E-state index in [0.717, 1.165) is 34.4 Å². The number of halogens is 3. The van der Waals surface area contributed by atoms with Crippen LogP contribution >= 0.6 is 0 Å². The topological polar surface area (TPSA) is 33.6 Å². The molecule has 0 saturated heterocycles. The fourth-order valence-corrected chi connectivity index (χ4v) is 3.94. The lowest BCUT2D eigenvalue weighted by atomic mass is 9.94. The standard InChI is InChI=1S/C27H27F3N2O/c1-16(2)33-23-15-21(27(28,29)30)13-14-22(23)26-31-24(19-9-5-17(3)6-10-19)25(32-26)20-11-7-18(4)8-12-20/h5-16,24-25H,1-4H3,(H,31,32). The molecule has 2 atom stereocenters. The van der Waals surface area contributed by atoms with Crippen LogP contribution in [0.1, 0.15) is 59.3 Å². The molecule has 3 aromatic rings. The van der Waals surface area contributed by atoms with Crippen molar-refractivity contribution in [2.45, 2.75) is 52.1 Å². The molecule has 1 aliphatic heterocycles. The average Bonchev–Trinajstić information content (AvgIpc) is 3.19. The van der Waals surface area contributed by atoms with Crippen molar-refractivity contribution in [3.63, 3.8) is 0 Å². The van der Waals surface area contributed by atoms with E-state index in [9.17, 15) is 13.2 Å². The van der Waals surface area contributed by atoms with Crippen LogP contribution in [0.25, 0.3) is 0 Å². The van der Waals surface area contributed by atoms with Crippen LogP contribution in [0.15, 0.2) is 71.7 Å². The van der Waals surface area contributed by atoms with Gasteiger partial charge in [-0.05, 0) is 57.0 Å².